The van der Waals surface area contributed by atoms with Crippen LogP contribution in [0.3, 0.4) is 0 Å². The summed E-state index contributed by atoms with van der Waals surface area (Å²) in [5, 5.41) is 9.78. The first-order valence-electron chi connectivity index (χ1n) is 6.04. The van der Waals surface area contributed by atoms with Gasteiger partial charge in [0.25, 0.3) is 0 Å². The van der Waals surface area contributed by atoms with E-state index in [2.05, 4.69) is 20.7 Å². The first-order valence-corrected chi connectivity index (χ1v) is 6.04. The first kappa shape index (κ1) is 13.1. The maximum absolute atomic E-state index is 11.9. The van der Waals surface area contributed by atoms with Crippen LogP contribution in [0.25, 0.3) is 0 Å². The van der Waals surface area contributed by atoms with Crippen molar-refractivity contribution in [2.24, 2.45) is 7.05 Å². The van der Waals surface area contributed by atoms with Gasteiger partial charge in [-0.15, -0.1) is 0 Å². The molecule has 6 nitrogen and oxygen atoms in total. The summed E-state index contributed by atoms with van der Waals surface area (Å²) >= 11 is 0. The average molecular weight is 259 g/mol. The maximum Gasteiger partial charge on any atom is 0.320 e. The minimum Gasteiger partial charge on any atom is -0.331 e. The number of pyridine rings is 1. The highest BCUT2D eigenvalue weighted by molar-refractivity contribution is 5.88. The molecule has 0 aliphatic heterocycles. The largest absolute Gasteiger partial charge is 0.331 e. The Morgan fingerprint density at radius 2 is 2.26 bits per heavy atom. The van der Waals surface area contributed by atoms with Crippen molar-refractivity contribution in [3.63, 3.8) is 0 Å². The number of anilines is 1. The van der Waals surface area contributed by atoms with Gasteiger partial charge in [-0.3, -0.25) is 15.0 Å². The Bertz CT molecular complexity index is 564. The second-order valence-corrected chi connectivity index (χ2v) is 4.40. The van der Waals surface area contributed by atoms with Gasteiger partial charge in [-0.25, -0.2) is 4.79 Å². The topological polar surface area (TPSA) is 71.8 Å². The molecule has 2 amide bonds. The molecule has 2 N–H and O–H groups in total. The fourth-order valence-electron chi connectivity index (χ4n) is 1.79. The van der Waals surface area contributed by atoms with E-state index in [9.17, 15) is 4.79 Å². The van der Waals surface area contributed by atoms with Gasteiger partial charge in [0.1, 0.15) is 5.82 Å². The third-order valence-corrected chi connectivity index (χ3v) is 2.78. The van der Waals surface area contributed by atoms with Crippen molar-refractivity contribution < 1.29 is 4.79 Å². The van der Waals surface area contributed by atoms with E-state index in [4.69, 9.17) is 0 Å². The number of carbonyl (C=O) groups is 1. The van der Waals surface area contributed by atoms with E-state index in [0.717, 1.165) is 11.3 Å². The van der Waals surface area contributed by atoms with Crippen LogP contribution in [0.15, 0.2) is 30.6 Å². The zero-order valence-corrected chi connectivity index (χ0v) is 11.2. The Labute approximate surface area is 111 Å². The van der Waals surface area contributed by atoms with Crippen LogP contribution >= 0.6 is 0 Å². The SMILES string of the molecule is Cc1cc(NC(=O)NC(C)c2cccnc2)n(C)n1. The quantitative estimate of drug-likeness (QED) is 0.885. The average Bonchev–Trinajstić information content (AvgIpc) is 2.68. The van der Waals surface area contributed by atoms with Gasteiger partial charge in [0, 0.05) is 25.5 Å². The number of amides is 2. The zero-order valence-electron chi connectivity index (χ0n) is 11.2. The minimum atomic E-state index is -0.264. The Kier molecular flexibility index (Phi) is 3.79. The van der Waals surface area contributed by atoms with Gasteiger partial charge in [-0.2, -0.15) is 5.10 Å². The van der Waals surface area contributed by atoms with Gasteiger partial charge in [0.15, 0.2) is 0 Å². The minimum absolute atomic E-state index is 0.108. The Morgan fingerprint density at radius 1 is 1.47 bits per heavy atom. The summed E-state index contributed by atoms with van der Waals surface area (Å²) in [4.78, 5) is 15.9. The molecule has 0 fully saturated rings. The monoisotopic (exact) mass is 259 g/mol. The Balaban J connectivity index is 1.96. The number of urea groups is 1. The van der Waals surface area contributed by atoms with E-state index < -0.39 is 0 Å². The molecule has 6 heteroatoms. The molecule has 1 unspecified atom stereocenters. The number of rotatable bonds is 3. The van der Waals surface area contributed by atoms with E-state index in [1.165, 1.54) is 0 Å². The Hall–Kier alpha value is -2.37. The molecule has 0 aromatic carbocycles. The number of hydrogen-bond acceptors (Lipinski definition) is 3. The zero-order chi connectivity index (χ0) is 13.8. The molecule has 2 aromatic heterocycles. The predicted octanol–water partition coefficient (Wildman–Crippen LogP) is 2.01. The van der Waals surface area contributed by atoms with E-state index in [-0.39, 0.29) is 12.1 Å². The van der Waals surface area contributed by atoms with Crippen molar-refractivity contribution in [3.05, 3.63) is 41.9 Å². The smallest absolute Gasteiger partial charge is 0.320 e. The van der Waals surface area contributed by atoms with Gasteiger partial charge in [0.05, 0.1) is 11.7 Å². The molecule has 100 valence electrons. The van der Waals surface area contributed by atoms with E-state index in [1.807, 2.05) is 32.0 Å². The van der Waals surface area contributed by atoms with Gasteiger partial charge in [0.2, 0.25) is 0 Å². The molecular formula is C13H17N5O. The summed E-state index contributed by atoms with van der Waals surface area (Å²) in [5.41, 5.74) is 1.82. The van der Waals surface area contributed by atoms with Crippen molar-refractivity contribution >= 4 is 11.8 Å². The highest BCUT2D eigenvalue weighted by atomic mass is 16.2. The van der Waals surface area contributed by atoms with Crippen molar-refractivity contribution in [2.45, 2.75) is 19.9 Å². The summed E-state index contributed by atoms with van der Waals surface area (Å²) in [5.74, 6) is 0.661. The summed E-state index contributed by atoms with van der Waals surface area (Å²) in [6, 6.07) is 5.21. The molecule has 19 heavy (non-hydrogen) atoms. The molecule has 0 aliphatic carbocycles. The third-order valence-electron chi connectivity index (χ3n) is 2.78. The molecule has 0 aliphatic rings. The summed E-state index contributed by atoms with van der Waals surface area (Å²) in [7, 11) is 1.78. The fraction of sp³-hybridized carbons (Fsp3) is 0.308. The summed E-state index contributed by atoms with van der Waals surface area (Å²) < 4.78 is 1.63. The van der Waals surface area contributed by atoms with Crippen LogP contribution in [-0.2, 0) is 7.05 Å². The van der Waals surface area contributed by atoms with Crippen LogP contribution in [0.2, 0.25) is 0 Å². The molecule has 2 heterocycles. The number of nitrogens with zero attached hydrogens (tertiary/aromatic N) is 3. The number of aromatic nitrogens is 3. The Morgan fingerprint density at radius 3 is 2.84 bits per heavy atom. The number of aryl methyl sites for hydroxylation is 2. The standard InChI is InChI=1S/C13H17N5O/c1-9-7-12(18(3)17-9)16-13(19)15-10(2)11-5-4-6-14-8-11/h4-8,10H,1-3H3,(H2,15,16,19). The molecule has 2 aromatic rings. The van der Waals surface area contributed by atoms with Crippen LogP contribution < -0.4 is 10.6 Å². The number of carbonyl (C=O) groups excluding carboxylic acids is 1. The second kappa shape index (κ2) is 5.51. The van der Waals surface area contributed by atoms with Crippen molar-refractivity contribution in [1.82, 2.24) is 20.1 Å². The lowest BCUT2D eigenvalue weighted by Gasteiger charge is -2.14. The lowest BCUT2D eigenvalue weighted by Crippen LogP contribution is -2.31. The van der Waals surface area contributed by atoms with E-state index in [0.29, 0.717) is 5.82 Å². The van der Waals surface area contributed by atoms with Crippen LogP contribution in [0.1, 0.15) is 24.2 Å². The molecule has 0 radical (unpaired) electrons. The molecule has 0 saturated heterocycles. The molecule has 2 rings (SSSR count). The lowest BCUT2D eigenvalue weighted by atomic mass is 10.1. The molecule has 0 saturated carbocycles. The highest BCUT2D eigenvalue weighted by Crippen LogP contribution is 2.11. The van der Waals surface area contributed by atoms with Crippen LogP contribution in [0, 0.1) is 6.92 Å². The van der Waals surface area contributed by atoms with Gasteiger partial charge in [-0.05, 0) is 25.5 Å². The molecular weight excluding hydrogens is 242 g/mol. The van der Waals surface area contributed by atoms with Gasteiger partial charge >= 0.3 is 6.03 Å². The highest BCUT2D eigenvalue weighted by Gasteiger charge is 2.11. The van der Waals surface area contributed by atoms with Crippen molar-refractivity contribution in [1.29, 1.82) is 0 Å². The third kappa shape index (κ3) is 3.31. The van der Waals surface area contributed by atoms with Crippen molar-refractivity contribution in [3.8, 4) is 0 Å². The summed E-state index contributed by atoms with van der Waals surface area (Å²) in [6.45, 7) is 3.78. The van der Waals surface area contributed by atoms with E-state index in [1.54, 1.807) is 24.1 Å². The molecule has 1 atom stereocenters. The van der Waals surface area contributed by atoms with E-state index >= 15 is 0 Å². The lowest BCUT2D eigenvalue weighted by molar-refractivity contribution is 0.249. The van der Waals surface area contributed by atoms with Crippen LogP contribution in [-0.4, -0.2) is 20.8 Å². The second-order valence-electron chi connectivity index (χ2n) is 4.40. The summed E-state index contributed by atoms with van der Waals surface area (Å²) in [6.07, 6.45) is 3.44. The van der Waals surface area contributed by atoms with Crippen molar-refractivity contribution in [2.75, 3.05) is 5.32 Å². The molecule has 0 spiro atoms. The van der Waals surface area contributed by atoms with Crippen LogP contribution in [0.5, 0.6) is 0 Å². The number of hydrogen-bond donors (Lipinski definition) is 2. The fourth-order valence-corrected chi connectivity index (χ4v) is 1.79. The maximum atomic E-state index is 11.9. The predicted molar refractivity (Wildman–Crippen MR) is 72.8 cm³/mol. The molecule has 0 bridgehead atoms. The van der Waals surface area contributed by atoms with Gasteiger partial charge in [-0.1, -0.05) is 6.07 Å². The first-order chi connectivity index (χ1) is 9.06. The van der Waals surface area contributed by atoms with Gasteiger partial charge < -0.3 is 5.32 Å². The normalized spacial score (nSPS) is 11.9. The van der Waals surface area contributed by atoms with Crippen LogP contribution in [0.4, 0.5) is 10.6 Å². The number of nitrogens with one attached hydrogen (secondary N) is 2.